The molecule has 1 aromatic rings. The van der Waals surface area contributed by atoms with Gasteiger partial charge in [0, 0.05) is 9.35 Å². The van der Waals surface area contributed by atoms with E-state index in [2.05, 4.69) is 21.2 Å². The third-order valence-electron chi connectivity index (χ3n) is 1.28. The Bertz CT molecular complexity index is 296. The van der Waals surface area contributed by atoms with Crippen molar-refractivity contribution in [2.24, 2.45) is 0 Å². The molecular weight excluding hydrogens is 297 g/mol. The van der Waals surface area contributed by atoms with Crippen LogP contribution in [0.5, 0.6) is 0 Å². The molecule has 0 saturated heterocycles. The number of halogens is 3. The van der Waals surface area contributed by atoms with E-state index < -0.39 is 0 Å². The van der Waals surface area contributed by atoms with Crippen molar-refractivity contribution in [3.63, 3.8) is 0 Å². The second kappa shape index (κ2) is 5.20. The molecular formula is C7H6BrCl2NOS. The van der Waals surface area contributed by atoms with Crippen molar-refractivity contribution in [1.29, 1.82) is 0 Å². The fourth-order valence-electron chi connectivity index (χ4n) is 0.711. The van der Waals surface area contributed by atoms with E-state index in [1.165, 1.54) is 11.3 Å². The van der Waals surface area contributed by atoms with Crippen LogP contribution in [0.3, 0.4) is 0 Å². The van der Waals surface area contributed by atoms with Crippen molar-refractivity contribution < 1.29 is 4.79 Å². The maximum Gasteiger partial charge on any atom is 0.235 e. The van der Waals surface area contributed by atoms with Gasteiger partial charge in [-0.1, -0.05) is 11.6 Å². The molecule has 0 bridgehead atoms. The number of rotatable bonds is 3. The number of alkyl halides is 1. The van der Waals surface area contributed by atoms with Gasteiger partial charge in [-0.05, 0) is 22.0 Å². The number of nitrogens with one attached hydrogen (secondary N) is 1. The van der Waals surface area contributed by atoms with Crippen LogP contribution in [0.4, 0.5) is 0 Å². The average molecular weight is 303 g/mol. The van der Waals surface area contributed by atoms with Crippen molar-refractivity contribution in [1.82, 2.24) is 5.32 Å². The summed E-state index contributed by atoms with van der Waals surface area (Å²) in [5, 5.41) is 2.65. The van der Waals surface area contributed by atoms with E-state index in [0.29, 0.717) is 10.9 Å². The third-order valence-corrected chi connectivity index (χ3v) is 3.99. The molecule has 1 amide bonds. The zero-order valence-electron chi connectivity index (χ0n) is 6.44. The summed E-state index contributed by atoms with van der Waals surface area (Å²) in [7, 11) is 0. The van der Waals surface area contributed by atoms with Gasteiger partial charge in [-0.25, -0.2) is 0 Å². The quantitative estimate of drug-likeness (QED) is 0.855. The zero-order chi connectivity index (χ0) is 9.84. The summed E-state index contributed by atoms with van der Waals surface area (Å²) in [4.78, 5) is 11.8. The lowest BCUT2D eigenvalue weighted by Crippen LogP contribution is -2.23. The predicted octanol–water partition coefficient (Wildman–Crippen LogP) is 3.02. The Labute approximate surface area is 98.4 Å². The minimum atomic E-state index is -0.178. The van der Waals surface area contributed by atoms with Crippen molar-refractivity contribution in [2.45, 2.75) is 6.54 Å². The smallest absolute Gasteiger partial charge is 0.235 e. The highest BCUT2D eigenvalue weighted by Crippen LogP contribution is 2.31. The number of hydrogen-bond donors (Lipinski definition) is 1. The standard InChI is InChI=1S/C7H6BrCl2NOS/c8-5-1-4(13-7(5)10)3-11-6(12)2-9/h1H,2-3H2,(H,11,12). The molecule has 0 aromatic carbocycles. The highest BCUT2D eigenvalue weighted by molar-refractivity contribution is 9.10. The second-order valence-corrected chi connectivity index (χ2v) is 5.11. The molecule has 1 rings (SSSR count). The molecule has 6 heteroatoms. The number of hydrogen-bond acceptors (Lipinski definition) is 2. The fraction of sp³-hybridized carbons (Fsp3) is 0.286. The summed E-state index contributed by atoms with van der Waals surface area (Å²) in [5.41, 5.74) is 0. The minimum absolute atomic E-state index is 0.0136. The Kier molecular flexibility index (Phi) is 4.52. The highest BCUT2D eigenvalue weighted by Gasteiger charge is 2.05. The van der Waals surface area contributed by atoms with Crippen LogP contribution in [0.2, 0.25) is 4.34 Å². The van der Waals surface area contributed by atoms with E-state index in [4.69, 9.17) is 23.2 Å². The first-order valence-electron chi connectivity index (χ1n) is 3.40. The normalized spacial score (nSPS) is 10.1. The SMILES string of the molecule is O=C(CCl)NCc1cc(Br)c(Cl)s1. The molecule has 0 radical (unpaired) electrons. The maximum absolute atomic E-state index is 10.8. The Morgan fingerprint density at radius 1 is 1.69 bits per heavy atom. The molecule has 0 fully saturated rings. The monoisotopic (exact) mass is 301 g/mol. The van der Waals surface area contributed by atoms with Gasteiger partial charge in [0.15, 0.2) is 0 Å². The zero-order valence-corrected chi connectivity index (χ0v) is 10.4. The van der Waals surface area contributed by atoms with Gasteiger partial charge in [-0.15, -0.1) is 22.9 Å². The Morgan fingerprint density at radius 2 is 2.38 bits per heavy atom. The first-order valence-corrected chi connectivity index (χ1v) is 5.92. The van der Waals surface area contributed by atoms with Crippen molar-refractivity contribution in [3.05, 3.63) is 19.8 Å². The van der Waals surface area contributed by atoms with E-state index in [0.717, 1.165) is 9.35 Å². The summed E-state index contributed by atoms with van der Waals surface area (Å²) in [5.74, 6) is -0.192. The Morgan fingerprint density at radius 3 is 2.85 bits per heavy atom. The van der Waals surface area contributed by atoms with Crippen molar-refractivity contribution in [2.75, 3.05) is 5.88 Å². The molecule has 0 atom stereocenters. The van der Waals surface area contributed by atoms with Gasteiger partial charge in [0.05, 0.1) is 6.54 Å². The molecule has 72 valence electrons. The summed E-state index contributed by atoms with van der Waals surface area (Å²) < 4.78 is 1.55. The molecule has 13 heavy (non-hydrogen) atoms. The van der Waals surface area contributed by atoms with Crippen molar-refractivity contribution in [3.8, 4) is 0 Å². The number of thiophene rings is 1. The van der Waals surface area contributed by atoms with E-state index in [1.807, 2.05) is 6.07 Å². The van der Waals surface area contributed by atoms with Crippen molar-refractivity contribution >= 4 is 56.4 Å². The first-order chi connectivity index (χ1) is 6.13. The lowest BCUT2D eigenvalue weighted by molar-refractivity contribution is -0.118. The molecule has 0 spiro atoms. The lowest BCUT2D eigenvalue weighted by atomic mass is 10.4. The summed E-state index contributed by atoms with van der Waals surface area (Å²) >= 11 is 15.8. The number of carbonyl (C=O) groups excluding carboxylic acids is 1. The average Bonchev–Trinajstić information content (AvgIpc) is 2.42. The predicted molar refractivity (Wildman–Crippen MR) is 59.6 cm³/mol. The van der Waals surface area contributed by atoms with Crippen LogP contribution in [0.25, 0.3) is 0 Å². The van der Waals surface area contributed by atoms with Crippen LogP contribution >= 0.6 is 50.5 Å². The van der Waals surface area contributed by atoms with E-state index in [9.17, 15) is 4.79 Å². The Hall–Kier alpha value is 0.230. The maximum atomic E-state index is 10.8. The summed E-state index contributed by atoms with van der Waals surface area (Å²) in [6.45, 7) is 0.474. The number of carbonyl (C=O) groups is 1. The van der Waals surface area contributed by atoms with Gasteiger partial charge in [-0.2, -0.15) is 0 Å². The van der Waals surface area contributed by atoms with Crippen LogP contribution in [0, 0.1) is 0 Å². The van der Waals surface area contributed by atoms with Gasteiger partial charge in [0.25, 0.3) is 0 Å². The van der Waals surface area contributed by atoms with Crippen LogP contribution in [-0.4, -0.2) is 11.8 Å². The summed E-state index contributed by atoms with van der Waals surface area (Å²) in [6.07, 6.45) is 0. The molecule has 1 aromatic heterocycles. The lowest BCUT2D eigenvalue weighted by Gasteiger charge is -1.98. The molecule has 2 nitrogen and oxygen atoms in total. The number of amides is 1. The van der Waals surface area contributed by atoms with Gasteiger partial charge in [0.1, 0.15) is 10.2 Å². The van der Waals surface area contributed by atoms with Crippen LogP contribution in [0.15, 0.2) is 10.5 Å². The minimum Gasteiger partial charge on any atom is -0.350 e. The third kappa shape index (κ3) is 3.46. The largest absolute Gasteiger partial charge is 0.350 e. The molecule has 0 aliphatic carbocycles. The van der Waals surface area contributed by atoms with E-state index >= 15 is 0 Å². The molecule has 0 aliphatic heterocycles. The molecule has 0 unspecified atom stereocenters. The first kappa shape index (κ1) is 11.3. The van der Waals surface area contributed by atoms with Crippen LogP contribution in [-0.2, 0) is 11.3 Å². The highest BCUT2D eigenvalue weighted by atomic mass is 79.9. The topological polar surface area (TPSA) is 29.1 Å². The van der Waals surface area contributed by atoms with E-state index in [-0.39, 0.29) is 11.8 Å². The van der Waals surface area contributed by atoms with Crippen LogP contribution in [0.1, 0.15) is 4.88 Å². The van der Waals surface area contributed by atoms with Gasteiger partial charge in [-0.3, -0.25) is 4.79 Å². The molecule has 0 saturated carbocycles. The van der Waals surface area contributed by atoms with Gasteiger partial charge in [0.2, 0.25) is 5.91 Å². The van der Waals surface area contributed by atoms with Gasteiger partial charge < -0.3 is 5.32 Å². The fourth-order valence-corrected chi connectivity index (χ4v) is 2.54. The van der Waals surface area contributed by atoms with Crippen LogP contribution < -0.4 is 5.32 Å². The molecule has 0 aliphatic rings. The second-order valence-electron chi connectivity index (χ2n) is 2.24. The summed E-state index contributed by atoms with van der Waals surface area (Å²) in [6, 6.07) is 1.88. The Balaban J connectivity index is 2.50. The molecule has 1 heterocycles. The van der Waals surface area contributed by atoms with E-state index in [1.54, 1.807) is 0 Å². The molecule has 1 N–H and O–H groups in total. The van der Waals surface area contributed by atoms with Gasteiger partial charge >= 0.3 is 0 Å².